The molecule has 1 N–H and O–H groups in total. The van der Waals surface area contributed by atoms with Crippen LogP contribution < -0.4 is 5.32 Å². The summed E-state index contributed by atoms with van der Waals surface area (Å²) in [6.07, 6.45) is 7.36. The molecule has 94 valence electrons. The average Bonchev–Trinajstić information content (AvgIpc) is 2.42. The molecule has 2 rings (SSSR count). The topological polar surface area (TPSA) is 24.9 Å². The van der Waals surface area contributed by atoms with E-state index in [1.54, 1.807) is 0 Å². The lowest BCUT2D eigenvalue weighted by Crippen LogP contribution is -2.24. The number of nitrogens with one attached hydrogen (secondary N) is 1. The minimum atomic E-state index is 0.412. The molecule has 2 heteroatoms. The highest BCUT2D eigenvalue weighted by Crippen LogP contribution is 2.14. The molecule has 1 aromatic heterocycles. The van der Waals surface area contributed by atoms with Crippen molar-refractivity contribution in [1.29, 1.82) is 0 Å². The van der Waals surface area contributed by atoms with E-state index in [1.165, 1.54) is 17.4 Å². The van der Waals surface area contributed by atoms with Crippen molar-refractivity contribution in [2.24, 2.45) is 0 Å². The van der Waals surface area contributed by atoms with Gasteiger partial charge in [-0.05, 0) is 43.7 Å². The third-order valence-corrected chi connectivity index (χ3v) is 2.92. The first-order valence-corrected chi connectivity index (χ1v) is 6.56. The molecule has 1 heterocycles. The maximum absolute atomic E-state index is 4.32. The zero-order chi connectivity index (χ0) is 12.8. The van der Waals surface area contributed by atoms with Crippen LogP contribution in [0.1, 0.15) is 25.8 Å². The Kier molecular flexibility index (Phi) is 4.48. The first kappa shape index (κ1) is 12.8. The summed E-state index contributed by atoms with van der Waals surface area (Å²) in [5.41, 5.74) is 2.27. The number of aromatic nitrogens is 1. The molecule has 0 saturated heterocycles. The molecule has 1 atom stereocenters. The van der Waals surface area contributed by atoms with Crippen LogP contribution in [-0.4, -0.2) is 17.6 Å². The van der Waals surface area contributed by atoms with E-state index < -0.39 is 0 Å². The summed E-state index contributed by atoms with van der Waals surface area (Å²) in [7, 11) is 0. The standard InChI is InChI=1S/C16H20N2/c1-3-10-17-13(2)6-7-14-8-9-16-15(12-14)5-4-11-18-16/h4-9,11-13,17H,3,10H2,1-2H3/b7-6+. The van der Waals surface area contributed by atoms with E-state index in [0.29, 0.717) is 6.04 Å². The third kappa shape index (κ3) is 3.41. The van der Waals surface area contributed by atoms with Crippen molar-refractivity contribution in [2.45, 2.75) is 26.3 Å². The van der Waals surface area contributed by atoms with Gasteiger partial charge in [-0.1, -0.05) is 31.2 Å². The number of benzene rings is 1. The number of pyridine rings is 1. The lowest BCUT2D eigenvalue weighted by atomic mass is 10.1. The lowest BCUT2D eigenvalue weighted by Gasteiger charge is -2.07. The number of fused-ring (bicyclic) bond motifs is 1. The summed E-state index contributed by atoms with van der Waals surface area (Å²) < 4.78 is 0. The number of rotatable bonds is 5. The molecule has 1 aromatic carbocycles. The van der Waals surface area contributed by atoms with Crippen LogP contribution in [0.5, 0.6) is 0 Å². The summed E-state index contributed by atoms with van der Waals surface area (Å²) in [5.74, 6) is 0. The molecule has 2 aromatic rings. The van der Waals surface area contributed by atoms with Crippen LogP contribution in [0, 0.1) is 0 Å². The van der Waals surface area contributed by atoms with Crippen molar-refractivity contribution in [3.05, 3.63) is 48.2 Å². The number of hydrogen-bond acceptors (Lipinski definition) is 2. The van der Waals surface area contributed by atoms with Crippen molar-refractivity contribution in [3.8, 4) is 0 Å². The summed E-state index contributed by atoms with van der Waals surface area (Å²) in [6, 6.07) is 10.8. The molecule has 1 unspecified atom stereocenters. The fraction of sp³-hybridized carbons (Fsp3) is 0.312. The SMILES string of the molecule is CCCNC(C)/C=C/c1ccc2ncccc2c1. The highest BCUT2D eigenvalue weighted by atomic mass is 14.9. The van der Waals surface area contributed by atoms with Crippen molar-refractivity contribution < 1.29 is 0 Å². The minimum Gasteiger partial charge on any atom is -0.311 e. The Morgan fingerprint density at radius 3 is 3.06 bits per heavy atom. The van der Waals surface area contributed by atoms with Crippen molar-refractivity contribution in [2.75, 3.05) is 6.54 Å². The number of hydrogen-bond donors (Lipinski definition) is 1. The second-order valence-electron chi connectivity index (χ2n) is 4.56. The quantitative estimate of drug-likeness (QED) is 0.863. The Labute approximate surface area is 109 Å². The normalized spacial score (nSPS) is 13.2. The largest absolute Gasteiger partial charge is 0.311 e. The lowest BCUT2D eigenvalue weighted by molar-refractivity contribution is 0.625. The van der Waals surface area contributed by atoms with Crippen LogP contribution in [0.3, 0.4) is 0 Å². The molecule has 0 aliphatic heterocycles. The maximum atomic E-state index is 4.32. The van der Waals surface area contributed by atoms with Crippen LogP contribution >= 0.6 is 0 Å². The highest BCUT2D eigenvalue weighted by molar-refractivity contribution is 5.81. The zero-order valence-corrected chi connectivity index (χ0v) is 11.1. The number of nitrogens with zero attached hydrogens (tertiary/aromatic N) is 1. The molecule has 18 heavy (non-hydrogen) atoms. The fourth-order valence-corrected chi connectivity index (χ4v) is 1.89. The zero-order valence-electron chi connectivity index (χ0n) is 11.1. The summed E-state index contributed by atoms with van der Waals surface area (Å²) in [5, 5.41) is 4.63. The summed E-state index contributed by atoms with van der Waals surface area (Å²) >= 11 is 0. The van der Waals surface area contributed by atoms with Crippen LogP contribution in [-0.2, 0) is 0 Å². The van der Waals surface area contributed by atoms with Crippen molar-refractivity contribution in [3.63, 3.8) is 0 Å². The average molecular weight is 240 g/mol. The third-order valence-electron chi connectivity index (χ3n) is 2.92. The molecule has 0 spiro atoms. The predicted molar refractivity (Wildman–Crippen MR) is 78.5 cm³/mol. The monoisotopic (exact) mass is 240 g/mol. The van der Waals surface area contributed by atoms with E-state index in [2.05, 4.69) is 60.6 Å². The fourth-order valence-electron chi connectivity index (χ4n) is 1.89. The van der Waals surface area contributed by atoms with Crippen LogP contribution in [0.25, 0.3) is 17.0 Å². The Morgan fingerprint density at radius 2 is 2.22 bits per heavy atom. The van der Waals surface area contributed by atoms with Gasteiger partial charge in [-0.25, -0.2) is 0 Å². The molecule has 0 radical (unpaired) electrons. The summed E-state index contributed by atoms with van der Waals surface area (Å²) in [6.45, 7) is 5.42. The first-order valence-electron chi connectivity index (χ1n) is 6.56. The summed E-state index contributed by atoms with van der Waals surface area (Å²) in [4.78, 5) is 4.32. The van der Waals surface area contributed by atoms with Gasteiger partial charge >= 0.3 is 0 Å². The van der Waals surface area contributed by atoms with E-state index in [4.69, 9.17) is 0 Å². The van der Waals surface area contributed by atoms with Crippen LogP contribution in [0.2, 0.25) is 0 Å². The van der Waals surface area contributed by atoms with Gasteiger partial charge in [0.2, 0.25) is 0 Å². The molecule has 0 fully saturated rings. The van der Waals surface area contributed by atoms with Crippen molar-refractivity contribution in [1.82, 2.24) is 10.3 Å². The smallest absolute Gasteiger partial charge is 0.0702 e. The van der Waals surface area contributed by atoms with Gasteiger partial charge in [0.1, 0.15) is 0 Å². The molecule has 0 bridgehead atoms. The van der Waals surface area contributed by atoms with Gasteiger partial charge in [0.05, 0.1) is 5.52 Å². The molecular formula is C16H20N2. The Hall–Kier alpha value is -1.67. The Bertz CT molecular complexity index is 531. The van der Waals surface area contributed by atoms with E-state index in [0.717, 1.165) is 12.1 Å². The van der Waals surface area contributed by atoms with Gasteiger partial charge in [-0.15, -0.1) is 0 Å². The van der Waals surface area contributed by atoms with Crippen molar-refractivity contribution >= 4 is 17.0 Å². The Balaban J connectivity index is 2.09. The van der Waals surface area contributed by atoms with Gasteiger partial charge in [-0.3, -0.25) is 4.98 Å². The van der Waals surface area contributed by atoms with Crippen LogP contribution in [0.15, 0.2) is 42.6 Å². The molecule has 0 saturated carbocycles. The van der Waals surface area contributed by atoms with Gasteiger partial charge in [0.15, 0.2) is 0 Å². The van der Waals surface area contributed by atoms with E-state index >= 15 is 0 Å². The van der Waals surface area contributed by atoms with E-state index in [1.807, 2.05) is 12.3 Å². The predicted octanol–water partition coefficient (Wildman–Crippen LogP) is 3.64. The second-order valence-corrected chi connectivity index (χ2v) is 4.56. The molecule has 0 aliphatic rings. The van der Waals surface area contributed by atoms with Gasteiger partial charge < -0.3 is 5.32 Å². The van der Waals surface area contributed by atoms with Gasteiger partial charge in [0, 0.05) is 17.6 Å². The van der Waals surface area contributed by atoms with Crippen LogP contribution in [0.4, 0.5) is 0 Å². The van der Waals surface area contributed by atoms with Gasteiger partial charge in [0.25, 0.3) is 0 Å². The molecule has 0 amide bonds. The second kappa shape index (κ2) is 6.31. The highest BCUT2D eigenvalue weighted by Gasteiger charge is 1.96. The van der Waals surface area contributed by atoms with E-state index in [9.17, 15) is 0 Å². The van der Waals surface area contributed by atoms with Gasteiger partial charge in [-0.2, -0.15) is 0 Å². The maximum Gasteiger partial charge on any atom is 0.0702 e. The minimum absolute atomic E-state index is 0.412. The molecule has 0 aliphatic carbocycles. The van der Waals surface area contributed by atoms with E-state index in [-0.39, 0.29) is 0 Å². The Morgan fingerprint density at radius 1 is 1.33 bits per heavy atom. The first-order chi connectivity index (χ1) is 8.79. The molecule has 2 nitrogen and oxygen atoms in total. The molecular weight excluding hydrogens is 220 g/mol.